The molecule has 1 aliphatic heterocycles. The number of carbonyl (C=O) groups excluding carboxylic acids is 3. The predicted octanol–water partition coefficient (Wildman–Crippen LogP) is 6.79. The normalized spacial score (nSPS) is 15.6. The number of hydrogen-bond donors (Lipinski definition) is 1. The molecule has 0 spiro atoms. The molecule has 10 heteroatoms. The fourth-order valence-electron chi connectivity index (χ4n) is 4.82. The van der Waals surface area contributed by atoms with Crippen molar-refractivity contribution >= 4 is 39.9 Å². The second-order valence-electron chi connectivity index (χ2n) is 10.2. The summed E-state index contributed by atoms with van der Waals surface area (Å²) >= 11 is 0.934. The number of nitrogens with zero attached hydrogens (tertiary/aromatic N) is 2. The third-order valence-corrected chi connectivity index (χ3v) is 8.11. The Morgan fingerprint density at radius 1 is 1.02 bits per heavy atom. The van der Waals surface area contributed by atoms with Crippen LogP contribution in [0.1, 0.15) is 51.4 Å². The zero-order chi connectivity index (χ0) is 31.9. The van der Waals surface area contributed by atoms with Gasteiger partial charge in [-0.3, -0.25) is 14.5 Å². The van der Waals surface area contributed by atoms with Gasteiger partial charge in [-0.15, -0.1) is 0 Å². The molecule has 0 saturated carbocycles. The number of benzene rings is 3. The first-order chi connectivity index (χ1) is 21.8. The minimum atomic E-state index is -1.05. The van der Waals surface area contributed by atoms with Gasteiger partial charge in [0.2, 0.25) is 0 Å². The van der Waals surface area contributed by atoms with Crippen LogP contribution >= 0.6 is 11.3 Å². The van der Waals surface area contributed by atoms with Crippen LogP contribution in [-0.2, 0) is 20.9 Å². The number of hydrogen-bond acceptors (Lipinski definition) is 9. The van der Waals surface area contributed by atoms with Gasteiger partial charge in [-0.25, -0.2) is 9.78 Å². The van der Waals surface area contributed by atoms with Gasteiger partial charge < -0.3 is 19.3 Å². The third kappa shape index (κ3) is 6.81. The van der Waals surface area contributed by atoms with E-state index in [4.69, 9.17) is 14.2 Å². The Bertz CT molecular complexity index is 1750. The Morgan fingerprint density at radius 2 is 1.78 bits per heavy atom. The lowest BCUT2D eigenvalue weighted by Gasteiger charge is -2.23. The molecular weight excluding hydrogens is 592 g/mol. The molecule has 0 aliphatic carbocycles. The Morgan fingerprint density at radius 3 is 2.49 bits per heavy atom. The van der Waals surface area contributed by atoms with Crippen LogP contribution in [-0.4, -0.2) is 41.0 Å². The van der Waals surface area contributed by atoms with Crippen LogP contribution in [0.4, 0.5) is 5.13 Å². The topological polar surface area (TPSA) is 115 Å². The number of esters is 1. The lowest BCUT2D eigenvalue weighted by Crippen LogP contribution is -2.29. The number of aromatic nitrogens is 1. The van der Waals surface area contributed by atoms with Crippen LogP contribution in [0.2, 0.25) is 0 Å². The maximum atomic E-state index is 13.7. The van der Waals surface area contributed by atoms with E-state index < -0.39 is 23.7 Å². The molecule has 1 unspecified atom stereocenters. The van der Waals surface area contributed by atoms with E-state index in [9.17, 15) is 19.5 Å². The number of amides is 1. The van der Waals surface area contributed by atoms with Crippen LogP contribution in [0.5, 0.6) is 11.5 Å². The number of aliphatic hydroxyl groups excluding tert-OH is 1. The van der Waals surface area contributed by atoms with Gasteiger partial charge in [0.05, 0.1) is 23.9 Å². The van der Waals surface area contributed by atoms with Gasteiger partial charge in [-0.1, -0.05) is 85.5 Å². The van der Waals surface area contributed by atoms with Gasteiger partial charge >= 0.3 is 11.9 Å². The Labute approximate surface area is 265 Å². The molecule has 1 atom stereocenters. The van der Waals surface area contributed by atoms with Gasteiger partial charge in [0.1, 0.15) is 35.3 Å². The van der Waals surface area contributed by atoms with Crippen molar-refractivity contribution in [2.75, 3.05) is 18.1 Å². The minimum Gasteiger partial charge on any atom is -0.507 e. The zero-order valence-corrected chi connectivity index (χ0v) is 25.7. The maximum absolute atomic E-state index is 13.7. The Hall–Kier alpha value is -5.22. The number of anilines is 1. The van der Waals surface area contributed by atoms with Crippen molar-refractivity contribution in [1.29, 1.82) is 0 Å². The number of rotatable bonds is 12. The quantitative estimate of drug-likeness (QED) is 0.0603. The lowest BCUT2D eigenvalue weighted by molar-refractivity contribution is -0.132. The first kappa shape index (κ1) is 31.2. The monoisotopic (exact) mass is 624 g/mol. The molecule has 5 rings (SSSR count). The lowest BCUT2D eigenvalue weighted by atomic mass is 9.95. The van der Waals surface area contributed by atoms with Crippen molar-refractivity contribution < 1.29 is 33.7 Å². The van der Waals surface area contributed by atoms with E-state index in [0.717, 1.165) is 23.3 Å². The first-order valence-corrected chi connectivity index (χ1v) is 15.2. The SMILES string of the molecule is C=CCOC(=O)c1sc(N2C(=O)C(=O)C(=C(O)c3cccc(OCCC)c3)C2c2ccc(OCc3ccccc3)cc2)nc1C. The van der Waals surface area contributed by atoms with Gasteiger partial charge in [-0.05, 0) is 48.7 Å². The average Bonchev–Trinajstić information content (AvgIpc) is 3.58. The molecule has 2 heterocycles. The average molecular weight is 625 g/mol. The van der Waals surface area contributed by atoms with Crippen LogP contribution < -0.4 is 14.4 Å². The largest absolute Gasteiger partial charge is 0.507 e. The van der Waals surface area contributed by atoms with Gasteiger partial charge in [0.15, 0.2) is 5.13 Å². The van der Waals surface area contributed by atoms with Gasteiger partial charge in [0.25, 0.3) is 5.78 Å². The summed E-state index contributed by atoms with van der Waals surface area (Å²) in [6, 6.07) is 22.3. The number of ether oxygens (including phenoxy) is 3. The summed E-state index contributed by atoms with van der Waals surface area (Å²) in [6.45, 7) is 8.01. The zero-order valence-electron chi connectivity index (χ0n) is 24.9. The van der Waals surface area contributed by atoms with E-state index >= 15 is 0 Å². The Kier molecular flexibility index (Phi) is 9.74. The van der Waals surface area contributed by atoms with E-state index in [1.165, 1.54) is 11.0 Å². The molecule has 45 heavy (non-hydrogen) atoms. The number of aryl methyl sites for hydroxylation is 1. The fraction of sp³-hybridized carbons (Fsp3) is 0.200. The van der Waals surface area contributed by atoms with Crippen molar-refractivity contribution in [1.82, 2.24) is 4.98 Å². The van der Waals surface area contributed by atoms with Crippen molar-refractivity contribution in [3.05, 3.63) is 124 Å². The first-order valence-electron chi connectivity index (χ1n) is 14.4. The van der Waals surface area contributed by atoms with Crippen molar-refractivity contribution in [2.45, 2.75) is 32.9 Å². The summed E-state index contributed by atoms with van der Waals surface area (Å²) in [7, 11) is 0. The highest BCUT2D eigenvalue weighted by Crippen LogP contribution is 2.44. The summed E-state index contributed by atoms with van der Waals surface area (Å²) in [5.41, 5.74) is 2.08. The molecule has 1 saturated heterocycles. The number of thiazole rings is 1. The van der Waals surface area contributed by atoms with E-state index in [2.05, 4.69) is 11.6 Å². The predicted molar refractivity (Wildman–Crippen MR) is 172 cm³/mol. The highest BCUT2D eigenvalue weighted by atomic mass is 32.1. The van der Waals surface area contributed by atoms with Crippen molar-refractivity contribution in [3.63, 3.8) is 0 Å². The summed E-state index contributed by atoms with van der Waals surface area (Å²) < 4.78 is 16.8. The molecule has 3 aromatic carbocycles. The van der Waals surface area contributed by atoms with Gasteiger partial charge in [0, 0.05) is 5.56 Å². The van der Waals surface area contributed by atoms with E-state index in [1.807, 2.05) is 37.3 Å². The van der Waals surface area contributed by atoms with Crippen LogP contribution in [0, 0.1) is 6.92 Å². The molecule has 230 valence electrons. The van der Waals surface area contributed by atoms with Crippen molar-refractivity contribution in [3.8, 4) is 11.5 Å². The van der Waals surface area contributed by atoms with E-state index in [-0.39, 0.29) is 27.9 Å². The minimum absolute atomic E-state index is 0.00967. The van der Waals surface area contributed by atoms with Crippen LogP contribution in [0.25, 0.3) is 5.76 Å². The fourth-order valence-corrected chi connectivity index (χ4v) is 5.80. The molecule has 9 nitrogen and oxygen atoms in total. The standard InChI is InChI=1S/C35H32N2O7S/c1-4-18-42-27-13-9-12-25(20-27)30(38)28-29(24-14-16-26(17-15-24)44-21-23-10-7-6-8-11-23)37(33(40)31(28)39)35-36-22(3)32(45-35)34(41)43-19-5-2/h5-17,20,29,38H,2,4,18-19,21H2,1,3H3. The molecule has 0 bridgehead atoms. The van der Waals surface area contributed by atoms with Crippen LogP contribution in [0.15, 0.2) is 97.1 Å². The molecule has 1 aliphatic rings. The van der Waals surface area contributed by atoms with E-state index in [0.29, 0.717) is 41.5 Å². The number of aliphatic hydroxyl groups is 1. The van der Waals surface area contributed by atoms with Crippen molar-refractivity contribution in [2.24, 2.45) is 0 Å². The third-order valence-electron chi connectivity index (χ3n) is 6.98. The van der Waals surface area contributed by atoms with Crippen LogP contribution in [0.3, 0.4) is 0 Å². The number of carbonyl (C=O) groups is 3. The smallest absolute Gasteiger partial charge is 0.350 e. The molecule has 1 N–H and O–H groups in total. The summed E-state index contributed by atoms with van der Waals surface area (Å²) in [4.78, 5) is 45.9. The molecular formula is C35H32N2O7S. The number of ketones is 1. The second-order valence-corrected chi connectivity index (χ2v) is 11.2. The molecule has 4 aromatic rings. The highest BCUT2D eigenvalue weighted by Gasteiger charge is 2.48. The molecule has 1 aromatic heterocycles. The molecule has 1 fully saturated rings. The highest BCUT2D eigenvalue weighted by molar-refractivity contribution is 7.17. The molecule has 0 radical (unpaired) electrons. The summed E-state index contributed by atoms with van der Waals surface area (Å²) in [6.07, 6.45) is 2.24. The summed E-state index contributed by atoms with van der Waals surface area (Å²) in [5.74, 6) is -1.64. The Balaban J connectivity index is 1.56. The number of Topliss-reactive ketones (excluding diaryl/α,β-unsaturated/α-hetero) is 1. The summed E-state index contributed by atoms with van der Waals surface area (Å²) in [5, 5.41) is 11.7. The maximum Gasteiger partial charge on any atom is 0.350 e. The van der Waals surface area contributed by atoms with Gasteiger partial charge in [-0.2, -0.15) is 0 Å². The molecule has 1 amide bonds. The van der Waals surface area contributed by atoms with E-state index in [1.54, 1.807) is 55.5 Å². The second kappa shape index (κ2) is 14.0.